The summed E-state index contributed by atoms with van der Waals surface area (Å²) in [6.45, 7) is 1.94. The Kier molecular flexibility index (Phi) is 9.04. The first-order valence-electron chi connectivity index (χ1n) is 7.80. The van der Waals surface area contributed by atoms with Gasteiger partial charge in [-0.2, -0.15) is 0 Å². The number of unbranched alkanes of at least 4 members (excludes halogenated alkanes) is 1. The molecule has 1 aliphatic heterocycles. The molecule has 130 valence electrons. The van der Waals surface area contributed by atoms with Crippen LogP contribution < -0.4 is 26.3 Å². The molecule has 0 saturated heterocycles. The molecule has 0 radical (unpaired) electrons. The summed E-state index contributed by atoms with van der Waals surface area (Å²) >= 11 is 0. The number of aliphatic carboxylic acids is 1. The normalized spacial score (nSPS) is 13.2. The number of carbonyl (C=O) groups is 1. The Balaban J connectivity index is 0.000000241. The van der Waals surface area contributed by atoms with Crippen LogP contribution >= 0.6 is 0 Å². The SMILES string of the molecule is CNCCc1ccc2c(c1)OCO2.NCCCC[C@H](N)C(=O)O. The van der Waals surface area contributed by atoms with Crippen molar-refractivity contribution in [1.29, 1.82) is 0 Å². The lowest BCUT2D eigenvalue weighted by Crippen LogP contribution is -2.29. The van der Waals surface area contributed by atoms with Crippen molar-refractivity contribution in [3.05, 3.63) is 23.8 Å². The molecular weight excluding hydrogens is 298 g/mol. The maximum atomic E-state index is 10.1. The summed E-state index contributed by atoms with van der Waals surface area (Å²) < 4.78 is 10.5. The molecule has 0 unspecified atom stereocenters. The number of nitrogens with two attached hydrogens (primary N) is 2. The summed E-state index contributed by atoms with van der Waals surface area (Å²) in [5, 5.41) is 11.4. The average molecular weight is 325 g/mol. The fourth-order valence-electron chi connectivity index (χ4n) is 2.00. The minimum atomic E-state index is -0.933. The van der Waals surface area contributed by atoms with Crippen LogP contribution in [0.2, 0.25) is 0 Å². The first-order valence-corrected chi connectivity index (χ1v) is 7.80. The summed E-state index contributed by atoms with van der Waals surface area (Å²) in [5.74, 6) is 0.791. The summed E-state index contributed by atoms with van der Waals surface area (Å²) in [6, 6.07) is 5.37. The van der Waals surface area contributed by atoms with Crippen molar-refractivity contribution in [1.82, 2.24) is 5.32 Å². The number of benzene rings is 1. The van der Waals surface area contributed by atoms with Crippen LogP contribution in [0, 0.1) is 0 Å². The molecule has 23 heavy (non-hydrogen) atoms. The van der Waals surface area contributed by atoms with Crippen molar-refractivity contribution in [3.63, 3.8) is 0 Å². The Morgan fingerprint density at radius 3 is 2.74 bits per heavy atom. The van der Waals surface area contributed by atoms with Crippen LogP contribution in [0.4, 0.5) is 0 Å². The third-order valence-electron chi connectivity index (χ3n) is 3.39. The topological polar surface area (TPSA) is 120 Å². The minimum Gasteiger partial charge on any atom is -0.480 e. The van der Waals surface area contributed by atoms with Crippen LogP contribution in [-0.4, -0.2) is 44.0 Å². The van der Waals surface area contributed by atoms with Crippen molar-refractivity contribution >= 4 is 5.97 Å². The van der Waals surface area contributed by atoms with E-state index in [2.05, 4.69) is 11.4 Å². The number of carboxylic acids is 1. The smallest absolute Gasteiger partial charge is 0.320 e. The van der Waals surface area contributed by atoms with Gasteiger partial charge < -0.3 is 31.4 Å². The van der Waals surface area contributed by atoms with Crippen molar-refractivity contribution in [2.24, 2.45) is 11.5 Å². The molecule has 1 aromatic carbocycles. The molecule has 6 N–H and O–H groups in total. The lowest BCUT2D eigenvalue weighted by molar-refractivity contribution is -0.138. The number of hydrogen-bond acceptors (Lipinski definition) is 6. The van der Waals surface area contributed by atoms with Gasteiger partial charge in [0.1, 0.15) is 6.04 Å². The number of carboxylic acid groups (broad SMARTS) is 1. The van der Waals surface area contributed by atoms with Crippen molar-refractivity contribution in [3.8, 4) is 11.5 Å². The van der Waals surface area contributed by atoms with E-state index in [0.717, 1.165) is 37.3 Å². The van der Waals surface area contributed by atoms with E-state index in [9.17, 15) is 4.79 Å². The lowest BCUT2D eigenvalue weighted by atomic mass is 10.1. The standard InChI is InChI=1S/C10H13NO2.C6H14N2O2/c1-11-5-4-8-2-3-9-10(6-8)13-7-12-9;7-4-2-1-3-5(8)6(9)10/h2-3,6,11H,4-5,7H2,1H3;5H,1-4,7-8H2,(H,9,10)/t;5-/m.0/s1. The molecule has 7 heteroatoms. The molecule has 0 aromatic heterocycles. The Bertz CT molecular complexity index is 482. The quantitative estimate of drug-likeness (QED) is 0.519. The van der Waals surface area contributed by atoms with E-state index in [4.69, 9.17) is 26.0 Å². The van der Waals surface area contributed by atoms with Crippen LogP contribution in [0.3, 0.4) is 0 Å². The lowest BCUT2D eigenvalue weighted by Gasteiger charge is -2.03. The predicted molar refractivity (Wildman–Crippen MR) is 88.7 cm³/mol. The van der Waals surface area contributed by atoms with Crippen LogP contribution in [0.25, 0.3) is 0 Å². The van der Waals surface area contributed by atoms with E-state index >= 15 is 0 Å². The second kappa shape index (κ2) is 10.8. The molecular formula is C16H27N3O4. The third-order valence-corrected chi connectivity index (χ3v) is 3.39. The number of rotatable bonds is 8. The maximum absolute atomic E-state index is 10.1. The molecule has 2 rings (SSSR count). The predicted octanol–water partition coefficient (Wildman–Crippen LogP) is 0.705. The van der Waals surface area contributed by atoms with Gasteiger partial charge in [-0.25, -0.2) is 0 Å². The van der Waals surface area contributed by atoms with Crippen molar-refractivity contribution in [2.75, 3.05) is 26.9 Å². The largest absolute Gasteiger partial charge is 0.480 e. The van der Waals surface area contributed by atoms with Crippen molar-refractivity contribution in [2.45, 2.75) is 31.7 Å². The van der Waals surface area contributed by atoms with Gasteiger partial charge in [0.25, 0.3) is 0 Å². The van der Waals surface area contributed by atoms with Gasteiger partial charge in [-0.05, 0) is 57.1 Å². The van der Waals surface area contributed by atoms with E-state index in [0.29, 0.717) is 19.8 Å². The molecule has 0 aliphatic carbocycles. The fourth-order valence-corrected chi connectivity index (χ4v) is 2.00. The van der Waals surface area contributed by atoms with Crippen LogP contribution in [0.5, 0.6) is 11.5 Å². The van der Waals surface area contributed by atoms with Gasteiger partial charge in [-0.15, -0.1) is 0 Å². The van der Waals surface area contributed by atoms with E-state index < -0.39 is 12.0 Å². The van der Waals surface area contributed by atoms with Gasteiger partial charge in [0.2, 0.25) is 6.79 Å². The minimum absolute atomic E-state index is 0.352. The first kappa shape index (κ1) is 19.2. The van der Waals surface area contributed by atoms with Gasteiger partial charge in [0, 0.05) is 0 Å². The molecule has 1 heterocycles. The molecule has 0 fully saturated rings. The zero-order valence-electron chi connectivity index (χ0n) is 13.6. The van der Waals surface area contributed by atoms with E-state index in [1.165, 1.54) is 5.56 Å². The second-order valence-electron chi connectivity index (χ2n) is 5.27. The Hall–Kier alpha value is -1.83. The number of hydrogen-bond donors (Lipinski definition) is 4. The molecule has 0 saturated carbocycles. The van der Waals surface area contributed by atoms with Gasteiger partial charge in [-0.3, -0.25) is 4.79 Å². The van der Waals surface area contributed by atoms with Crippen molar-refractivity contribution < 1.29 is 19.4 Å². The molecule has 7 nitrogen and oxygen atoms in total. The summed E-state index contributed by atoms with van der Waals surface area (Å²) in [5.41, 5.74) is 11.7. The summed E-state index contributed by atoms with van der Waals surface area (Å²) in [7, 11) is 1.95. The highest BCUT2D eigenvalue weighted by Gasteiger charge is 2.12. The highest BCUT2D eigenvalue weighted by Crippen LogP contribution is 2.32. The zero-order valence-corrected chi connectivity index (χ0v) is 13.6. The monoisotopic (exact) mass is 325 g/mol. The fraction of sp³-hybridized carbons (Fsp3) is 0.562. The summed E-state index contributed by atoms with van der Waals surface area (Å²) in [4.78, 5) is 10.1. The molecule has 0 bridgehead atoms. The number of fused-ring (bicyclic) bond motifs is 1. The van der Waals surface area contributed by atoms with Gasteiger partial charge in [0.15, 0.2) is 11.5 Å². The third kappa shape index (κ3) is 7.32. The molecule has 1 aromatic rings. The Labute approximate surface area is 136 Å². The van der Waals surface area contributed by atoms with E-state index in [1.54, 1.807) is 0 Å². The second-order valence-corrected chi connectivity index (χ2v) is 5.27. The highest BCUT2D eigenvalue weighted by molar-refractivity contribution is 5.72. The molecule has 0 amide bonds. The van der Waals surface area contributed by atoms with Gasteiger partial charge in [-0.1, -0.05) is 12.5 Å². The van der Waals surface area contributed by atoms with Gasteiger partial charge in [0.05, 0.1) is 0 Å². The molecule has 1 atom stereocenters. The zero-order chi connectivity index (χ0) is 17.1. The molecule has 1 aliphatic rings. The van der Waals surface area contributed by atoms with Crippen LogP contribution in [0.15, 0.2) is 18.2 Å². The maximum Gasteiger partial charge on any atom is 0.320 e. The van der Waals surface area contributed by atoms with Crippen LogP contribution in [0.1, 0.15) is 24.8 Å². The van der Waals surface area contributed by atoms with Gasteiger partial charge >= 0.3 is 5.97 Å². The average Bonchev–Trinajstić information content (AvgIpc) is 3.01. The number of nitrogens with one attached hydrogen (secondary N) is 1. The number of likely N-dealkylation sites (N-methyl/N-ethyl adjacent to an activating group) is 1. The Morgan fingerprint density at radius 2 is 2.09 bits per heavy atom. The molecule has 0 spiro atoms. The Morgan fingerprint density at radius 1 is 1.35 bits per heavy atom. The summed E-state index contributed by atoms with van der Waals surface area (Å²) in [6.07, 6.45) is 3.19. The first-order chi connectivity index (χ1) is 11.1. The highest BCUT2D eigenvalue weighted by atomic mass is 16.7. The number of ether oxygens (including phenoxy) is 2. The van der Waals surface area contributed by atoms with E-state index in [-0.39, 0.29) is 0 Å². The van der Waals surface area contributed by atoms with Crippen LogP contribution in [-0.2, 0) is 11.2 Å². The van der Waals surface area contributed by atoms with E-state index in [1.807, 2.05) is 19.2 Å².